The number of hydrogen-bond donors (Lipinski definition) is 2. The van der Waals surface area contributed by atoms with Gasteiger partial charge in [0.15, 0.2) is 5.03 Å². The van der Waals surface area contributed by atoms with Crippen LogP contribution in [0.3, 0.4) is 0 Å². The van der Waals surface area contributed by atoms with Crippen LogP contribution in [0, 0.1) is 5.41 Å². The molecular weight excluding hydrogens is 252 g/mol. The number of nitrogens with two attached hydrogens (primary N) is 1. The SMILES string of the molecule is CCCN(CC(C)(C)CN)S(=O)(=O)c1cnc[nH]1. The number of hydrogen-bond acceptors (Lipinski definition) is 4. The smallest absolute Gasteiger partial charge is 0.260 e. The summed E-state index contributed by atoms with van der Waals surface area (Å²) in [6.45, 7) is 7.18. The molecule has 6 nitrogen and oxygen atoms in total. The van der Waals surface area contributed by atoms with Gasteiger partial charge in [-0.2, -0.15) is 4.31 Å². The minimum absolute atomic E-state index is 0.128. The van der Waals surface area contributed by atoms with Gasteiger partial charge in [-0.15, -0.1) is 0 Å². The summed E-state index contributed by atoms with van der Waals surface area (Å²) in [5.74, 6) is 0. The van der Waals surface area contributed by atoms with Gasteiger partial charge in [-0.1, -0.05) is 20.8 Å². The Balaban J connectivity index is 2.99. The zero-order chi connectivity index (χ0) is 13.8. The minimum Gasteiger partial charge on any atom is -0.335 e. The average molecular weight is 274 g/mol. The van der Waals surface area contributed by atoms with E-state index in [0.717, 1.165) is 6.42 Å². The molecule has 0 aromatic carbocycles. The first-order chi connectivity index (χ1) is 8.33. The lowest BCUT2D eigenvalue weighted by Gasteiger charge is -2.30. The zero-order valence-corrected chi connectivity index (χ0v) is 12.0. The van der Waals surface area contributed by atoms with Crippen molar-refractivity contribution in [1.29, 1.82) is 0 Å². The standard InChI is InChI=1S/C11H22N4O2S/c1-4-5-15(8-11(2,3)7-12)18(16,17)10-6-13-9-14-10/h6,9H,4-5,7-8,12H2,1-3H3,(H,13,14). The van der Waals surface area contributed by atoms with Crippen molar-refractivity contribution < 1.29 is 8.42 Å². The van der Waals surface area contributed by atoms with Gasteiger partial charge >= 0.3 is 0 Å². The highest BCUT2D eigenvalue weighted by Crippen LogP contribution is 2.20. The number of sulfonamides is 1. The quantitative estimate of drug-likeness (QED) is 0.769. The fraction of sp³-hybridized carbons (Fsp3) is 0.727. The molecule has 0 aliphatic rings. The van der Waals surface area contributed by atoms with Gasteiger partial charge in [0.25, 0.3) is 10.0 Å². The molecule has 1 heterocycles. The maximum atomic E-state index is 12.4. The van der Waals surface area contributed by atoms with Crippen LogP contribution in [0.1, 0.15) is 27.2 Å². The lowest BCUT2D eigenvalue weighted by molar-refractivity contribution is 0.266. The molecule has 0 saturated carbocycles. The highest BCUT2D eigenvalue weighted by Gasteiger charge is 2.30. The molecule has 0 aliphatic heterocycles. The van der Waals surface area contributed by atoms with Gasteiger partial charge in [0.2, 0.25) is 0 Å². The molecule has 18 heavy (non-hydrogen) atoms. The van der Waals surface area contributed by atoms with Crippen LogP contribution < -0.4 is 5.73 Å². The Labute approximate surface area is 109 Å². The van der Waals surface area contributed by atoms with Crippen molar-refractivity contribution in [2.75, 3.05) is 19.6 Å². The number of aromatic nitrogens is 2. The van der Waals surface area contributed by atoms with E-state index in [1.54, 1.807) is 0 Å². The fourth-order valence-electron chi connectivity index (χ4n) is 1.60. The molecule has 7 heteroatoms. The summed E-state index contributed by atoms with van der Waals surface area (Å²) in [4.78, 5) is 6.41. The third-order valence-electron chi connectivity index (χ3n) is 2.72. The average Bonchev–Trinajstić information content (AvgIpc) is 2.82. The van der Waals surface area contributed by atoms with Gasteiger partial charge in [0, 0.05) is 13.1 Å². The van der Waals surface area contributed by atoms with E-state index in [1.165, 1.54) is 16.8 Å². The second kappa shape index (κ2) is 5.81. The summed E-state index contributed by atoms with van der Waals surface area (Å²) in [6.07, 6.45) is 3.45. The molecule has 0 amide bonds. The van der Waals surface area contributed by atoms with Gasteiger partial charge in [0.1, 0.15) is 0 Å². The van der Waals surface area contributed by atoms with Crippen LogP contribution in [0.4, 0.5) is 0 Å². The second-order valence-corrected chi connectivity index (χ2v) is 7.03. The lowest BCUT2D eigenvalue weighted by atomic mass is 9.94. The van der Waals surface area contributed by atoms with Gasteiger partial charge in [-0.3, -0.25) is 0 Å². The van der Waals surface area contributed by atoms with Crippen molar-refractivity contribution >= 4 is 10.0 Å². The number of imidazole rings is 1. The van der Waals surface area contributed by atoms with Gasteiger partial charge in [-0.05, 0) is 18.4 Å². The zero-order valence-electron chi connectivity index (χ0n) is 11.2. The Hall–Kier alpha value is -0.920. The molecule has 0 spiro atoms. The molecule has 0 saturated heterocycles. The van der Waals surface area contributed by atoms with E-state index in [0.29, 0.717) is 19.6 Å². The Bertz CT molecular complexity index is 453. The van der Waals surface area contributed by atoms with Gasteiger partial charge < -0.3 is 10.7 Å². The summed E-state index contributed by atoms with van der Waals surface area (Å²) in [5, 5.41) is 0.128. The first-order valence-corrected chi connectivity index (χ1v) is 7.46. The maximum absolute atomic E-state index is 12.4. The van der Waals surface area contributed by atoms with Crippen LogP contribution in [-0.4, -0.2) is 42.3 Å². The summed E-state index contributed by atoms with van der Waals surface area (Å²) in [5.41, 5.74) is 5.42. The van der Waals surface area contributed by atoms with Crippen molar-refractivity contribution in [3.8, 4) is 0 Å². The maximum Gasteiger partial charge on any atom is 0.260 e. The molecule has 1 aromatic heterocycles. The van der Waals surface area contributed by atoms with Gasteiger partial charge in [0.05, 0.1) is 12.5 Å². The summed E-state index contributed by atoms with van der Waals surface area (Å²) < 4.78 is 26.2. The number of nitrogens with zero attached hydrogens (tertiary/aromatic N) is 2. The number of rotatable bonds is 7. The van der Waals surface area contributed by atoms with Crippen LogP contribution >= 0.6 is 0 Å². The molecule has 0 unspecified atom stereocenters. The van der Waals surface area contributed by atoms with E-state index in [4.69, 9.17) is 5.73 Å². The van der Waals surface area contributed by atoms with Crippen molar-refractivity contribution in [3.05, 3.63) is 12.5 Å². The molecule has 1 aromatic rings. The molecule has 0 atom stereocenters. The summed E-state index contributed by atoms with van der Waals surface area (Å²) >= 11 is 0. The molecule has 104 valence electrons. The van der Waals surface area contributed by atoms with Crippen molar-refractivity contribution in [2.24, 2.45) is 11.1 Å². The topological polar surface area (TPSA) is 92.1 Å². The van der Waals surface area contributed by atoms with Gasteiger partial charge in [-0.25, -0.2) is 13.4 Å². The highest BCUT2D eigenvalue weighted by atomic mass is 32.2. The molecule has 0 fully saturated rings. The van der Waals surface area contributed by atoms with Crippen LogP contribution in [0.2, 0.25) is 0 Å². The number of H-pyrrole nitrogens is 1. The van der Waals surface area contributed by atoms with Crippen molar-refractivity contribution in [1.82, 2.24) is 14.3 Å². The molecule has 0 aliphatic carbocycles. The van der Waals surface area contributed by atoms with E-state index in [9.17, 15) is 8.42 Å². The van der Waals surface area contributed by atoms with Crippen LogP contribution in [0.25, 0.3) is 0 Å². The second-order valence-electron chi connectivity index (χ2n) is 5.12. The molecular formula is C11H22N4O2S. The summed E-state index contributed by atoms with van der Waals surface area (Å²) in [7, 11) is -3.50. The Kier molecular flexibility index (Phi) is 4.89. The van der Waals surface area contributed by atoms with E-state index in [-0.39, 0.29) is 10.4 Å². The fourth-order valence-corrected chi connectivity index (χ4v) is 3.22. The number of nitrogens with one attached hydrogen (secondary N) is 1. The van der Waals surface area contributed by atoms with Crippen LogP contribution in [0.15, 0.2) is 17.6 Å². The highest BCUT2D eigenvalue weighted by molar-refractivity contribution is 7.89. The van der Waals surface area contributed by atoms with Crippen molar-refractivity contribution in [2.45, 2.75) is 32.2 Å². The Morgan fingerprint density at radius 2 is 2.17 bits per heavy atom. The van der Waals surface area contributed by atoms with E-state index in [2.05, 4.69) is 9.97 Å². The molecule has 0 bridgehead atoms. The number of aromatic amines is 1. The predicted molar refractivity (Wildman–Crippen MR) is 70.5 cm³/mol. The molecule has 3 N–H and O–H groups in total. The van der Waals surface area contributed by atoms with Crippen LogP contribution in [-0.2, 0) is 10.0 Å². The third kappa shape index (κ3) is 3.54. The summed E-state index contributed by atoms with van der Waals surface area (Å²) in [6, 6.07) is 0. The minimum atomic E-state index is -3.50. The Morgan fingerprint density at radius 3 is 2.61 bits per heavy atom. The van der Waals surface area contributed by atoms with Crippen molar-refractivity contribution in [3.63, 3.8) is 0 Å². The van der Waals surface area contributed by atoms with E-state index in [1.807, 2.05) is 20.8 Å². The monoisotopic (exact) mass is 274 g/mol. The normalized spacial score (nSPS) is 13.2. The molecule has 0 radical (unpaired) electrons. The predicted octanol–water partition coefficient (Wildman–Crippen LogP) is 0.795. The largest absolute Gasteiger partial charge is 0.335 e. The van der Waals surface area contributed by atoms with E-state index < -0.39 is 10.0 Å². The Morgan fingerprint density at radius 1 is 1.50 bits per heavy atom. The first kappa shape index (κ1) is 15.1. The third-order valence-corrected chi connectivity index (χ3v) is 4.49. The van der Waals surface area contributed by atoms with E-state index >= 15 is 0 Å². The molecule has 1 rings (SSSR count). The first-order valence-electron chi connectivity index (χ1n) is 6.02. The lowest BCUT2D eigenvalue weighted by Crippen LogP contribution is -2.42. The van der Waals surface area contributed by atoms with Crippen LogP contribution in [0.5, 0.6) is 0 Å².